The first kappa shape index (κ1) is 14.7. The minimum Gasteiger partial charge on any atom is -0.462 e. The molecule has 0 heterocycles. The Balaban J connectivity index is 3.09. The van der Waals surface area contributed by atoms with Crippen LogP contribution >= 0.6 is 0 Å². The lowest BCUT2D eigenvalue weighted by molar-refractivity contribution is -0.118. The monoisotopic (exact) mass is 269 g/mol. The van der Waals surface area contributed by atoms with E-state index in [0.29, 0.717) is 0 Å². The van der Waals surface area contributed by atoms with Gasteiger partial charge in [-0.1, -0.05) is 0 Å². The van der Waals surface area contributed by atoms with Crippen LogP contribution in [0, 0.1) is 5.82 Å². The molecule has 0 saturated heterocycles. The van der Waals surface area contributed by atoms with E-state index >= 15 is 0 Å². The number of esters is 1. The Kier molecular flexibility index (Phi) is 4.68. The van der Waals surface area contributed by atoms with Gasteiger partial charge in [-0.2, -0.15) is 0 Å². The topological polar surface area (TPSA) is 107 Å². The summed E-state index contributed by atoms with van der Waals surface area (Å²) >= 11 is 0. The molecule has 1 atom stereocenters. The van der Waals surface area contributed by atoms with Gasteiger partial charge in [-0.3, -0.25) is 4.79 Å². The SMILES string of the molecule is CCOC(=O)c1cc(NC(C)C(N)=O)c(F)cc1N. The average molecular weight is 269 g/mol. The summed E-state index contributed by atoms with van der Waals surface area (Å²) in [7, 11) is 0. The molecule has 1 aromatic rings. The number of anilines is 2. The number of amides is 1. The van der Waals surface area contributed by atoms with Gasteiger partial charge in [0.25, 0.3) is 0 Å². The molecule has 0 aliphatic rings. The fourth-order valence-corrected chi connectivity index (χ4v) is 1.39. The molecule has 19 heavy (non-hydrogen) atoms. The second-order valence-electron chi connectivity index (χ2n) is 3.91. The lowest BCUT2D eigenvalue weighted by atomic mass is 10.1. The number of carbonyl (C=O) groups is 2. The summed E-state index contributed by atoms with van der Waals surface area (Å²) in [6.07, 6.45) is 0. The standard InChI is InChI=1S/C12H16FN3O3/c1-3-19-12(18)7-4-10(8(13)5-9(7)14)16-6(2)11(15)17/h4-6,16H,3,14H2,1-2H3,(H2,15,17). The molecule has 1 rings (SSSR count). The Morgan fingerprint density at radius 2 is 2.11 bits per heavy atom. The van der Waals surface area contributed by atoms with Crippen LogP contribution in [0.15, 0.2) is 12.1 Å². The molecule has 1 unspecified atom stereocenters. The van der Waals surface area contributed by atoms with E-state index < -0.39 is 23.7 Å². The van der Waals surface area contributed by atoms with Gasteiger partial charge in [0.05, 0.1) is 17.9 Å². The van der Waals surface area contributed by atoms with E-state index in [1.807, 2.05) is 0 Å². The van der Waals surface area contributed by atoms with Crippen molar-refractivity contribution >= 4 is 23.3 Å². The number of ether oxygens (including phenoxy) is 1. The normalized spacial score (nSPS) is 11.7. The van der Waals surface area contributed by atoms with Crippen LogP contribution in [0.1, 0.15) is 24.2 Å². The van der Waals surface area contributed by atoms with Crippen molar-refractivity contribution < 1.29 is 18.7 Å². The zero-order valence-corrected chi connectivity index (χ0v) is 10.7. The fraction of sp³-hybridized carbons (Fsp3) is 0.333. The number of nitrogens with one attached hydrogen (secondary N) is 1. The number of hydrogen-bond donors (Lipinski definition) is 3. The molecule has 1 aromatic carbocycles. The van der Waals surface area contributed by atoms with Crippen LogP contribution in [0.3, 0.4) is 0 Å². The Bertz CT molecular complexity index is 505. The molecular weight excluding hydrogens is 253 g/mol. The molecule has 0 radical (unpaired) electrons. The maximum Gasteiger partial charge on any atom is 0.340 e. The molecule has 0 aliphatic carbocycles. The number of halogens is 1. The van der Waals surface area contributed by atoms with E-state index in [1.165, 1.54) is 13.0 Å². The summed E-state index contributed by atoms with van der Waals surface area (Å²) in [5.41, 5.74) is 10.6. The van der Waals surface area contributed by atoms with Gasteiger partial charge in [-0.05, 0) is 26.0 Å². The van der Waals surface area contributed by atoms with Crippen LogP contribution in [0.25, 0.3) is 0 Å². The summed E-state index contributed by atoms with van der Waals surface area (Å²) in [5, 5.41) is 2.56. The van der Waals surface area contributed by atoms with Gasteiger partial charge in [-0.25, -0.2) is 9.18 Å². The minimum atomic E-state index is -0.784. The van der Waals surface area contributed by atoms with Crippen molar-refractivity contribution in [1.82, 2.24) is 0 Å². The number of carbonyl (C=O) groups excluding carboxylic acids is 2. The predicted octanol–water partition coefficient (Wildman–Crippen LogP) is 0.870. The zero-order valence-electron chi connectivity index (χ0n) is 10.7. The highest BCUT2D eigenvalue weighted by molar-refractivity contribution is 5.96. The maximum absolute atomic E-state index is 13.7. The molecule has 104 valence electrons. The smallest absolute Gasteiger partial charge is 0.340 e. The van der Waals surface area contributed by atoms with Gasteiger partial charge < -0.3 is 21.5 Å². The van der Waals surface area contributed by atoms with Crippen molar-refractivity contribution in [1.29, 1.82) is 0 Å². The first-order valence-electron chi connectivity index (χ1n) is 5.68. The van der Waals surface area contributed by atoms with Crippen LogP contribution in [0.2, 0.25) is 0 Å². The van der Waals surface area contributed by atoms with Gasteiger partial charge in [0.15, 0.2) is 0 Å². The Morgan fingerprint density at radius 1 is 1.47 bits per heavy atom. The third kappa shape index (κ3) is 3.57. The molecule has 0 saturated carbocycles. The van der Waals surface area contributed by atoms with E-state index in [9.17, 15) is 14.0 Å². The molecular formula is C12H16FN3O3. The van der Waals surface area contributed by atoms with E-state index in [2.05, 4.69) is 5.32 Å². The van der Waals surface area contributed by atoms with Gasteiger partial charge >= 0.3 is 5.97 Å². The lowest BCUT2D eigenvalue weighted by Crippen LogP contribution is -2.32. The Hall–Kier alpha value is -2.31. The number of rotatable bonds is 5. The van der Waals surface area contributed by atoms with E-state index in [-0.39, 0.29) is 23.5 Å². The maximum atomic E-state index is 13.7. The van der Waals surface area contributed by atoms with Crippen molar-refractivity contribution in [2.45, 2.75) is 19.9 Å². The van der Waals surface area contributed by atoms with Gasteiger partial charge in [-0.15, -0.1) is 0 Å². The number of benzene rings is 1. The van der Waals surface area contributed by atoms with Crippen molar-refractivity contribution in [3.05, 3.63) is 23.5 Å². The highest BCUT2D eigenvalue weighted by atomic mass is 19.1. The van der Waals surface area contributed by atoms with Gasteiger partial charge in [0.2, 0.25) is 5.91 Å². The molecule has 0 bridgehead atoms. The van der Waals surface area contributed by atoms with Crippen molar-refractivity contribution in [3.8, 4) is 0 Å². The first-order valence-corrected chi connectivity index (χ1v) is 5.68. The minimum absolute atomic E-state index is 0.0300. The van der Waals surface area contributed by atoms with Crippen LogP contribution in [0.5, 0.6) is 0 Å². The largest absolute Gasteiger partial charge is 0.462 e. The number of hydrogen-bond acceptors (Lipinski definition) is 5. The van der Waals surface area contributed by atoms with Gasteiger partial charge in [0.1, 0.15) is 11.9 Å². The number of primary amides is 1. The van der Waals surface area contributed by atoms with Crippen LogP contribution in [0.4, 0.5) is 15.8 Å². The summed E-state index contributed by atoms with van der Waals surface area (Å²) in [6.45, 7) is 3.30. The molecule has 0 fully saturated rings. The van der Waals surface area contributed by atoms with E-state index in [0.717, 1.165) is 6.07 Å². The first-order chi connectivity index (χ1) is 8.86. The van der Waals surface area contributed by atoms with Crippen molar-refractivity contribution in [2.75, 3.05) is 17.7 Å². The quantitative estimate of drug-likeness (QED) is 0.543. The van der Waals surface area contributed by atoms with Crippen LogP contribution in [-0.2, 0) is 9.53 Å². The van der Waals surface area contributed by atoms with E-state index in [1.54, 1.807) is 6.92 Å². The Labute approximate surface area is 109 Å². The molecule has 0 spiro atoms. The summed E-state index contributed by atoms with van der Waals surface area (Å²) in [5.74, 6) is -1.98. The van der Waals surface area contributed by atoms with Gasteiger partial charge in [0, 0.05) is 5.69 Å². The molecule has 1 amide bonds. The third-order valence-corrected chi connectivity index (χ3v) is 2.43. The lowest BCUT2D eigenvalue weighted by Gasteiger charge is -2.14. The van der Waals surface area contributed by atoms with Crippen molar-refractivity contribution in [3.63, 3.8) is 0 Å². The molecule has 6 nitrogen and oxygen atoms in total. The highest BCUT2D eigenvalue weighted by Gasteiger charge is 2.17. The second kappa shape index (κ2) is 6.03. The summed E-state index contributed by atoms with van der Waals surface area (Å²) in [6, 6.07) is 1.40. The number of nitrogens with two attached hydrogens (primary N) is 2. The molecule has 0 aliphatic heterocycles. The zero-order chi connectivity index (χ0) is 14.6. The molecule has 0 aromatic heterocycles. The molecule has 7 heteroatoms. The fourth-order valence-electron chi connectivity index (χ4n) is 1.39. The highest BCUT2D eigenvalue weighted by Crippen LogP contribution is 2.23. The summed E-state index contributed by atoms with van der Waals surface area (Å²) < 4.78 is 18.5. The summed E-state index contributed by atoms with van der Waals surface area (Å²) in [4.78, 5) is 22.5. The van der Waals surface area contributed by atoms with Crippen molar-refractivity contribution in [2.24, 2.45) is 5.73 Å². The third-order valence-electron chi connectivity index (χ3n) is 2.43. The average Bonchev–Trinajstić information content (AvgIpc) is 2.32. The van der Waals surface area contributed by atoms with Crippen LogP contribution < -0.4 is 16.8 Å². The predicted molar refractivity (Wildman–Crippen MR) is 69.0 cm³/mol. The number of nitrogen functional groups attached to an aromatic ring is 1. The van der Waals surface area contributed by atoms with Crippen LogP contribution in [-0.4, -0.2) is 24.5 Å². The second-order valence-corrected chi connectivity index (χ2v) is 3.91. The molecule has 5 N–H and O–H groups in total. The van der Waals surface area contributed by atoms with E-state index in [4.69, 9.17) is 16.2 Å². The Morgan fingerprint density at radius 3 is 2.63 bits per heavy atom.